The van der Waals surface area contributed by atoms with Gasteiger partial charge in [0.25, 0.3) is 11.8 Å². The van der Waals surface area contributed by atoms with Crippen LogP contribution < -0.4 is 20.2 Å². The van der Waals surface area contributed by atoms with Crippen LogP contribution in [0.2, 0.25) is 0 Å². The first-order valence-electron chi connectivity index (χ1n) is 8.59. The van der Waals surface area contributed by atoms with Gasteiger partial charge in [0.05, 0.1) is 27.0 Å². The van der Waals surface area contributed by atoms with Gasteiger partial charge in [0, 0.05) is 5.56 Å². The number of hydrogen-bond acceptors (Lipinski definition) is 5. The quantitative estimate of drug-likeness (QED) is 0.543. The zero-order valence-electron chi connectivity index (χ0n) is 16.1. The number of hydrogen-bond donors (Lipinski definition) is 2. The second kappa shape index (κ2) is 10.5. The van der Waals surface area contributed by atoms with Gasteiger partial charge in [0.1, 0.15) is 0 Å². The Morgan fingerprint density at radius 3 is 2.43 bits per heavy atom. The van der Waals surface area contributed by atoms with Crippen molar-refractivity contribution in [1.82, 2.24) is 10.7 Å². The Bertz CT molecular complexity index is 876. The molecule has 0 aliphatic carbocycles. The molecule has 0 spiro atoms. The van der Waals surface area contributed by atoms with E-state index in [-0.39, 0.29) is 6.54 Å². The van der Waals surface area contributed by atoms with Crippen molar-refractivity contribution in [1.29, 1.82) is 0 Å². The number of nitrogens with one attached hydrogen (secondary N) is 2. The molecule has 2 aromatic rings. The average Bonchev–Trinajstić information content (AvgIpc) is 2.72. The number of hydrazone groups is 1. The molecule has 2 N–H and O–H groups in total. The Hall–Kier alpha value is -3.61. The Morgan fingerprint density at radius 1 is 1.04 bits per heavy atom. The van der Waals surface area contributed by atoms with E-state index < -0.39 is 11.8 Å². The molecule has 0 fully saturated rings. The van der Waals surface area contributed by atoms with E-state index in [0.29, 0.717) is 17.1 Å². The monoisotopic (exact) mass is 381 g/mol. The maximum atomic E-state index is 12.2. The van der Waals surface area contributed by atoms with Gasteiger partial charge in [-0.1, -0.05) is 36.4 Å². The van der Waals surface area contributed by atoms with Crippen LogP contribution in [0.25, 0.3) is 6.08 Å². The molecule has 2 amide bonds. The zero-order valence-corrected chi connectivity index (χ0v) is 16.1. The molecular formula is C21H23N3O4. The number of benzene rings is 2. The topological polar surface area (TPSA) is 89.0 Å². The summed E-state index contributed by atoms with van der Waals surface area (Å²) in [5.41, 5.74) is 4.65. The fourth-order valence-corrected chi connectivity index (χ4v) is 2.34. The summed E-state index contributed by atoms with van der Waals surface area (Å²) < 4.78 is 10.3. The van der Waals surface area contributed by atoms with E-state index in [0.717, 1.165) is 11.1 Å². The van der Waals surface area contributed by atoms with Crippen molar-refractivity contribution in [3.63, 3.8) is 0 Å². The molecule has 0 heterocycles. The largest absolute Gasteiger partial charge is 0.493 e. The predicted octanol–water partition coefficient (Wildman–Crippen LogP) is 2.64. The van der Waals surface area contributed by atoms with Crippen LogP contribution in [0.3, 0.4) is 0 Å². The molecule has 7 heteroatoms. The maximum Gasteiger partial charge on any atom is 0.259 e. The van der Waals surface area contributed by atoms with Crippen LogP contribution in [0.5, 0.6) is 11.5 Å². The molecule has 0 bridgehead atoms. The van der Waals surface area contributed by atoms with E-state index in [9.17, 15) is 9.59 Å². The van der Waals surface area contributed by atoms with Gasteiger partial charge in [-0.15, -0.1) is 0 Å². The highest BCUT2D eigenvalue weighted by molar-refractivity contribution is 5.97. The van der Waals surface area contributed by atoms with E-state index in [1.165, 1.54) is 14.2 Å². The van der Waals surface area contributed by atoms with E-state index >= 15 is 0 Å². The van der Waals surface area contributed by atoms with Crippen molar-refractivity contribution in [2.75, 3.05) is 20.8 Å². The van der Waals surface area contributed by atoms with Gasteiger partial charge in [-0.25, -0.2) is 5.43 Å². The van der Waals surface area contributed by atoms with Crippen molar-refractivity contribution in [3.8, 4) is 11.5 Å². The van der Waals surface area contributed by atoms with Gasteiger partial charge in [-0.2, -0.15) is 5.10 Å². The molecule has 0 aromatic heterocycles. The predicted molar refractivity (Wildman–Crippen MR) is 109 cm³/mol. The standard InChI is InChI=1S/C21H23N3O4/c1-15(11-16-7-5-4-6-8-16)13-23-24-20(25)14-22-21(26)17-9-10-18(27-2)19(12-17)28-3/h4-13H,14H2,1-3H3,(H,22,26)(H,24,25). The Balaban J connectivity index is 1.83. The van der Waals surface area contributed by atoms with Gasteiger partial charge in [-0.3, -0.25) is 9.59 Å². The normalized spacial score (nSPS) is 11.2. The van der Waals surface area contributed by atoms with Crippen molar-refractivity contribution in [3.05, 3.63) is 65.2 Å². The first kappa shape index (κ1) is 20.7. The maximum absolute atomic E-state index is 12.2. The molecule has 0 aliphatic heterocycles. The van der Waals surface area contributed by atoms with Crippen LogP contribution in [-0.2, 0) is 4.79 Å². The van der Waals surface area contributed by atoms with E-state index in [1.54, 1.807) is 24.4 Å². The number of nitrogens with zero attached hydrogens (tertiary/aromatic N) is 1. The second-order valence-corrected chi connectivity index (χ2v) is 5.84. The van der Waals surface area contributed by atoms with Crippen LogP contribution >= 0.6 is 0 Å². The molecule has 146 valence electrons. The van der Waals surface area contributed by atoms with Gasteiger partial charge in [0.15, 0.2) is 11.5 Å². The molecule has 0 unspecified atom stereocenters. The molecule has 2 rings (SSSR count). The van der Waals surface area contributed by atoms with Crippen molar-refractivity contribution >= 4 is 24.1 Å². The number of amides is 2. The van der Waals surface area contributed by atoms with Gasteiger partial charge < -0.3 is 14.8 Å². The number of rotatable bonds is 8. The third kappa shape index (κ3) is 6.28. The molecule has 2 aromatic carbocycles. The third-order valence-corrected chi connectivity index (χ3v) is 3.71. The van der Waals surface area contributed by atoms with E-state index in [2.05, 4.69) is 15.8 Å². The van der Waals surface area contributed by atoms with Crippen LogP contribution in [0, 0.1) is 0 Å². The average molecular weight is 381 g/mol. The van der Waals surface area contributed by atoms with Crippen LogP contribution in [0.4, 0.5) is 0 Å². The summed E-state index contributed by atoms with van der Waals surface area (Å²) in [5.74, 6) is 0.118. The minimum Gasteiger partial charge on any atom is -0.493 e. The lowest BCUT2D eigenvalue weighted by atomic mass is 10.1. The lowest BCUT2D eigenvalue weighted by Crippen LogP contribution is -2.34. The summed E-state index contributed by atoms with van der Waals surface area (Å²) in [6.45, 7) is 1.67. The summed E-state index contributed by atoms with van der Waals surface area (Å²) in [7, 11) is 3.00. The molecule has 0 atom stereocenters. The Morgan fingerprint density at radius 2 is 1.75 bits per heavy atom. The molecule has 7 nitrogen and oxygen atoms in total. The third-order valence-electron chi connectivity index (χ3n) is 3.71. The van der Waals surface area contributed by atoms with Gasteiger partial charge in [-0.05, 0) is 36.3 Å². The second-order valence-electron chi connectivity index (χ2n) is 5.84. The summed E-state index contributed by atoms with van der Waals surface area (Å²) in [4.78, 5) is 24.0. The molecular weight excluding hydrogens is 358 g/mol. The first-order chi connectivity index (χ1) is 13.5. The number of carbonyl (C=O) groups is 2. The highest BCUT2D eigenvalue weighted by Crippen LogP contribution is 2.27. The lowest BCUT2D eigenvalue weighted by Gasteiger charge is -2.09. The number of carbonyl (C=O) groups excluding carboxylic acids is 2. The minimum atomic E-state index is -0.433. The smallest absolute Gasteiger partial charge is 0.259 e. The highest BCUT2D eigenvalue weighted by atomic mass is 16.5. The number of allylic oxidation sites excluding steroid dienone is 1. The summed E-state index contributed by atoms with van der Waals surface area (Å²) in [5, 5.41) is 6.42. The fraction of sp³-hybridized carbons (Fsp3) is 0.190. The van der Waals surface area contributed by atoms with Crippen molar-refractivity contribution in [2.24, 2.45) is 5.10 Å². The zero-order chi connectivity index (χ0) is 20.4. The highest BCUT2D eigenvalue weighted by Gasteiger charge is 2.11. The molecule has 28 heavy (non-hydrogen) atoms. The van der Waals surface area contributed by atoms with Gasteiger partial charge >= 0.3 is 0 Å². The molecule has 0 saturated carbocycles. The number of methoxy groups -OCH3 is 2. The number of ether oxygens (including phenoxy) is 2. The van der Waals surface area contributed by atoms with Crippen molar-refractivity contribution in [2.45, 2.75) is 6.92 Å². The molecule has 0 saturated heterocycles. The molecule has 0 aliphatic rings. The van der Waals surface area contributed by atoms with Crippen LogP contribution in [0.1, 0.15) is 22.8 Å². The Labute approximate surface area is 164 Å². The van der Waals surface area contributed by atoms with E-state index in [1.807, 2.05) is 43.3 Å². The lowest BCUT2D eigenvalue weighted by molar-refractivity contribution is -0.120. The Kier molecular flexibility index (Phi) is 7.77. The first-order valence-corrected chi connectivity index (χ1v) is 8.59. The summed E-state index contributed by atoms with van der Waals surface area (Å²) in [6, 6.07) is 14.5. The summed E-state index contributed by atoms with van der Waals surface area (Å²) >= 11 is 0. The van der Waals surface area contributed by atoms with Gasteiger partial charge in [0.2, 0.25) is 0 Å². The summed E-state index contributed by atoms with van der Waals surface area (Å²) in [6.07, 6.45) is 3.48. The van der Waals surface area contributed by atoms with Crippen molar-refractivity contribution < 1.29 is 19.1 Å². The van der Waals surface area contributed by atoms with E-state index in [4.69, 9.17) is 9.47 Å². The van der Waals surface area contributed by atoms with Crippen LogP contribution in [-0.4, -0.2) is 38.8 Å². The van der Waals surface area contributed by atoms with Crippen LogP contribution in [0.15, 0.2) is 59.2 Å². The molecule has 0 radical (unpaired) electrons. The fourth-order valence-electron chi connectivity index (χ4n) is 2.34. The SMILES string of the molecule is COc1ccc(C(=O)NCC(=O)NN=CC(C)=Cc2ccccc2)cc1OC. The minimum absolute atomic E-state index is 0.202.